The molecule has 12 heteroatoms. The lowest BCUT2D eigenvalue weighted by atomic mass is 9.98. The van der Waals surface area contributed by atoms with E-state index in [2.05, 4.69) is 69.5 Å². The van der Waals surface area contributed by atoms with Gasteiger partial charge in [0.25, 0.3) is 0 Å². The molecule has 4 aromatic rings. The van der Waals surface area contributed by atoms with Crippen molar-refractivity contribution in [1.82, 2.24) is 25.9 Å². The lowest BCUT2D eigenvalue weighted by molar-refractivity contribution is 0.0570. The number of nitrogens with zero attached hydrogens (tertiary/aromatic N) is 4. The van der Waals surface area contributed by atoms with Crippen molar-refractivity contribution in [3.05, 3.63) is 105 Å². The summed E-state index contributed by atoms with van der Waals surface area (Å²) >= 11 is 12.8. The summed E-state index contributed by atoms with van der Waals surface area (Å²) in [6.45, 7) is 8.74. The third-order valence-corrected chi connectivity index (χ3v) is 9.05. The van der Waals surface area contributed by atoms with Gasteiger partial charge in [-0.1, -0.05) is 35.3 Å². The Labute approximate surface area is 276 Å². The Morgan fingerprint density at radius 1 is 1.00 bits per heavy atom. The molecule has 1 saturated heterocycles. The lowest BCUT2D eigenvalue weighted by Gasteiger charge is -2.42. The van der Waals surface area contributed by atoms with Crippen LogP contribution in [0.1, 0.15) is 50.8 Å². The number of piperidine rings is 1. The molecule has 3 aromatic carbocycles. The van der Waals surface area contributed by atoms with Crippen LogP contribution in [-0.2, 0) is 0 Å². The van der Waals surface area contributed by atoms with Crippen molar-refractivity contribution in [2.45, 2.75) is 51.2 Å². The fraction of sp³-hybridized carbons (Fsp3) is 0.294. The van der Waals surface area contributed by atoms with Crippen LogP contribution in [0.2, 0.25) is 10.0 Å². The lowest BCUT2D eigenvalue weighted by Crippen LogP contribution is -2.52. The summed E-state index contributed by atoms with van der Waals surface area (Å²) in [5, 5.41) is 19.7. The first-order chi connectivity index (χ1) is 22.0. The average molecular weight is 664 g/mol. The molecule has 3 heterocycles. The van der Waals surface area contributed by atoms with Gasteiger partial charge < -0.3 is 16.1 Å². The minimum Gasteiger partial charge on any atom is -0.373 e. The number of benzene rings is 3. The summed E-state index contributed by atoms with van der Waals surface area (Å²) in [6, 6.07) is 16.2. The Hall–Kier alpha value is -4.14. The molecular weight excluding hydrogens is 629 g/mol. The number of anilines is 3. The van der Waals surface area contributed by atoms with Gasteiger partial charge >= 0.3 is 0 Å². The van der Waals surface area contributed by atoms with Crippen LogP contribution in [0.25, 0.3) is 10.9 Å². The molecule has 2 aliphatic rings. The molecule has 6 rings (SSSR count). The van der Waals surface area contributed by atoms with E-state index in [1.807, 2.05) is 6.07 Å². The van der Waals surface area contributed by atoms with Gasteiger partial charge in [-0.2, -0.15) is 5.26 Å². The first-order valence-electron chi connectivity index (χ1n) is 15.0. The average Bonchev–Trinajstić information content (AvgIpc) is 3.52. The molecule has 46 heavy (non-hydrogen) atoms. The topological polar surface area (TPSA) is 91.3 Å². The third kappa shape index (κ3) is 6.69. The second-order valence-electron chi connectivity index (χ2n) is 12.5. The van der Waals surface area contributed by atoms with E-state index >= 15 is 0 Å². The number of likely N-dealkylation sites (tertiary alicyclic amines) is 1. The molecule has 1 aromatic heterocycles. The summed E-state index contributed by atoms with van der Waals surface area (Å²) < 4.78 is 27.8. The zero-order valence-electron chi connectivity index (χ0n) is 25.6. The van der Waals surface area contributed by atoms with Crippen molar-refractivity contribution in [2.24, 2.45) is 0 Å². The number of nitriles is 1. The number of fused-ring (bicyclic) bond motifs is 1. The van der Waals surface area contributed by atoms with Crippen molar-refractivity contribution in [3.8, 4) is 6.07 Å². The van der Waals surface area contributed by atoms with E-state index < -0.39 is 11.9 Å². The summed E-state index contributed by atoms with van der Waals surface area (Å²) in [7, 11) is 0. The van der Waals surface area contributed by atoms with Crippen LogP contribution in [-0.4, -0.2) is 39.6 Å². The predicted molar refractivity (Wildman–Crippen MR) is 179 cm³/mol. The van der Waals surface area contributed by atoms with Crippen LogP contribution in [0.3, 0.4) is 0 Å². The monoisotopic (exact) mass is 662 g/mol. The molecule has 4 N–H and O–H groups in total. The Bertz CT molecular complexity index is 1830. The van der Waals surface area contributed by atoms with Crippen molar-refractivity contribution in [3.63, 3.8) is 0 Å². The van der Waals surface area contributed by atoms with E-state index in [0.29, 0.717) is 39.0 Å². The molecule has 0 unspecified atom stereocenters. The molecule has 1 atom stereocenters. The Morgan fingerprint density at radius 2 is 1.72 bits per heavy atom. The van der Waals surface area contributed by atoms with Crippen molar-refractivity contribution < 1.29 is 8.78 Å². The molecule has 1 fully saturated rings. The van der Waals surface area contributed by atoms with Crippen LogP contribution >= 0.6 is 23.2 Å². The van der Waals surface area contributed by atoms with Gasteiger partial charge in [0.05, 0.1) is 38.6 Å². The normalized spacial score (nSPS) is 16.6. The highest BCUT2D eigenvalue weighted by Crippen LogP contribution is 2.37. The molecule has 238 valence electrons. The molecule has 0 aliphatic carbocycles. The maximum atomic E-state index is 14.0. The Kier molecular flexibility index (Phi) is 8.95. The summed E-state index contributed by atoms with van der Waals surface area (Å²) in [4.78, 5) is 6.94. The van der Waals surface area contributed by atoms with Crippen molar-refractivity contribution in [1.29, 1.82) is 5.26 Å². The maximum absolute atomic E-state index is 14.0. The highest BCUT2D eigenvalue weighted by molar-refractivity contribution is 6.36. The molecular formula is C34H34Cl2F2N8. The Morgan fingerprint density at radius 3 is 2.39 bits per heavy atom. The Balaban J connectivity index is 1.34. The van der Waals surface area contributed by atoms with Gasteiger partial charge in [-0.15, -0.1) is 5.53 Å². The van der Waals surface area contributed by atoms with Crippen LogP contribution in [0, 0.1) is 23.0 Å². The maximum Gasteiger partial charge on any atom is 0.141 e. The number of aromatic nitrogens is 1. The molecule has 0 bridgehead atoms. The molecule has 2 aliphatic heterocycles. The molecule has 0 spiro atoms. The van der Waals surface area contributed by atoms with Crippen LogP contribution in [0.5, 0.6) is 0 Å². The molecule has 8 nitrogen and oxygen atoms in total. The molecule has 0 radical (unpaired) electrons. The summed E-state index contributed by atoms with van der Waals surface area (Å²) in [6.07, 6.45) is 5.51. The van der Waals surface area contributed by atoms with Gasteiger partial charge in [0.2, 0.25) is 0 Å². The number of rotatable bonds is 7. The largest absolute Gasteiger partial charge is 0.373 e. The molecule has 0 amide bonds. The second kappa shape index (κ2) is 12.9. The highest BCUT2D eigenvalue weighted by atomic mass is 35.5. The summed E-state index contributed by atoms with van der Waals surface area (Å²) in [5.74, 6) is -0.881. The van der Waals surface area contributed by atoms with Crippen LogP contribution < -0.4 is 21.6 Å². The number of pyridine rings is 1. The zero-order valence-corrected chi connectivity index (χ0v) is 27.1. The van der Waals surface area contributed by atoms with Crippen LogP contribution in [0.4, 0.5) is 25.8 Å². The number of hydrogen-bond acceptors (Lipinski definition) is 8. The number of hydrogen-bond donors (Lipinski definition) is 4. The fourth-order valence-electron chi connectivity index (χ4n) is 5.94. The van der Waals surface area contributed by atoms with Gasteiger partial charge in [0.1, 0.15) is 17.7 Å². The standard InChI is InChI=1S/C34H34Cl2F2N8/c1-34(2,3)45-12-10-25(11-13-45)46-19-30(43-44-46)32(20-4-6-22(37)7-5-20)42-24-14-26-31(41-23-8-9-29(38)27(35)15-23)21(17-39)18-40-33(26)28(36)16-24/h4-9,14-16,18-19,25,32,42-44H,10-13H2,1-3H3,(H,40,41)/t32-/m0/s1. The quantitative estimate of drug-likeness (QED) is 0.158. The van der Waals surface area contributed by atoms with E-state index in [-0.39, 0.29) is 21.9 Å². The first kappa shape index (κ1) is 31.8. The predicted octanol–water partition coefficient (Wildman–Crippen LogP) is 8.02. The number of halogens is 4. The van der Waals surface area contributed by atoms with Crippen molar-refractivity contribution >= 4 is 51.2 Å². The van der Waals surface area contributed by atoms with Crippen LogP contribution in [0.15, 0.2) is 72.7 Å². The van der Waals surface area contributed by atoms with Gasteiger partial charge in [0, 0.05) is 53.8 Å². The smallest absolute Gasteiger partial charge is 0.141 e. The van der Waals surface area contributed by atoms with Gasteiger partial charge in [-0.3, -0.25) is 14.9 Å². The third-order valence-electron chi connectivity index (χ3n) is 8.47. The van der Waals surface area contributed by atoms with E-state index in [0.717, 1.165) is 37.2 Å². The second-order valence-corrected chi connectivity index (χ2v) is 13.3. The number of hydrazine groups is 2. The van der Waals surface area contributed by atoms with E-state index in [1.165, 1.54) is 36.5 Å². The molecule has 0 saturated carbocycles. The van der Waals surface area contributed by atoms with Gasteiger partial charge in [-0.05, 0) is 81.6 Å². The van der Waals surface area contributed by atoms with Crippen molar-refractivity contribution in [2.75, 3.05) is 23.7 Å². The first-order valence-corrected chi connectivity index (χ1v) is 15.8. The minimum atomic E-state index is -0.549. The van der Waals surface area contributed by atoms with E-state index in [9.17, 15) is 14.0 Å². The number of nitrogens with one attached hydrogen (secondary N) is 4. The van der Waals surface area contributed by atoms with Gasteiger partial charge in [0.15, 0.2) is 0 Å². The fourth-order valence-corrected chi connectivity index (χ4v) is 6.39. The van der Waals surface area contributed by atoms with E-state index in [1.54, 1.807) is 18.2 Å². The zero-order chi connectivity index (χ0) is 32.6. The van der Waals surface area contributed by atoms with Gasteiger partial charge in [-0.25, -0.2) is 8.78 Å². The summed E-state index contributed by atoms with van der Waals surface area (Å²) in [5.41, 5.74) is 10.8. The SMILES string of the molecule is CC(C)(C)N1CCC(N2C=C([C@@H](Nc3cc(Cl)c4ncc(C#N)c(Nc5ccc(F)c(Cl)c5)c4c3)c3ccc(F)cc3)NN2)CC1. The minimum absolute atomic E-state index is 0.0517. The van der Waals surface area contributed by atoms with E-state index in [4.69, 9.17) is 23.2 Å². The highest BCUT2D eigenvalue weighted by Gasteiger charge is 2.32.